The zero-order valence-electron chi connectivity index (χ0n) is 7.67. The van der Waals surface area contributed by atoms with Crippen molar-refractivity contribution in [3.63, 3.8) is 0 Å². The highest BCUT2D eigenvalue weighted by Crippen LogP contribution is 2.32. The Kier molecular flexibility index (Phi) is 5.04. The van der Waals surface area contributed by atoms with Crippen molar-refractivity contribution in [2.45, 2.75) is 13.1 Å². The van der Waals surface area contributed by atoms with Crippen LogP contribution in [0.1, 0.15) is 12.5 Å². The van der Waals surface area contributed by atoms with Gasteiger partial charge in [0.05, 0.1) is 6.61 Å². The first-order valence-electron chi connectivity index (χ1n) is 4.15. The molecule has 0 aliphatic carbocycles. The first-order chi connectivity index (χ1) is 6.63. The Hall–Kier alpha value is 0.0500. The summed E-state index contributed by atoms with van der Waals surface area (Å²) in [5, 5.41) is 0.642. The van der Waals surface area contributed by atoms with Gasteiger partial charge in [-0.05, 0) is 29.7 Å². The number of hydrogen-bond acceptors (Lipinski definition) is 2. The van der Waals surface area contributed by atoms with Crippen molar-refractivity contribution >= 4 is 35.6 Å². The molecular weight excluding hydrogens is 286 g/mol. The molecule has 0 aliphatic rings. The van der Waals surface area contributed by atoms with Gasteiger partial charge in [-0.1, -0.05) is 27.5 Å². The van der Waals surface area contributed by atoms with Crippen LogP contribution in [0.5, 0.6) is 0 Å². The summed E-state index contributed by atoms with van der Waals surface area (Å²) in [7, 11) is -1.62. The minimum atomic E-state index is -1.62. The SMILES string of the molecule is CCO[P+](=O)Cc1cc(Cl)ccc1Br. The molecule has 14 heavy (non-hydrogen) atoms. The Morgan fingerprint density at radius 1 is 1.57 bits per heavy atom. The second kappa shape index (κ2) is 5.82. The molecule has 0 N–H and O–H groups in total. The minimum absolute atomic E-state index is 0.393. The van der Waals surface area contributed by atoms with Crippen molar-refractivity contribution in [2.24, 2.45) is 0 Å². The highest BCUT2D eigenvalue weighted by atomic mass is 79.9. The van der Waals surface area contributed by atoms with Crippen molar-refractivity contribution in [3.8, 4) is 0 Å². The standard InChI is InChI=1S/C9H10BrClO2P/c1-2-13-14(12)6-7-5-8(11)3-4-9(7)10/h3-5H,2,6H2,1H3/q+1. The summed E-state index contributed by atoms with van der Waals surface area (Å²) in [4.78, 5) is 0. The predicted octanol–water partition coefficient (Wildman–Crippen LogP) is 4.38. The molecular formula is C9H10BrClO2P+. The van der Waals surface area contributed by atoms with E-state index in [-0.39, 0.29) is 0 Å². The zero-order valence-corrected chi connectivity index (χ0v) is 10.9. The molecule has 0 heterocycles. The number of benzene rings is 1. The van der Waals surface area contributed by atoms with E-state index in [0.717, 1.165) is 10.0 Å². The Labute approximate surface area is 97.6 Å². The van der Waals surface area contributed by atoms with Gasteiger partial charge >= 0.3 is 8.03 Å². The van der Waals surface area contributed by atoms with Crippen LogP contribution in [0.15, 0.2) is 22.7 Å². The van der Waals surface area contributed by atoms with Crippen molar-refractivity contribution in [1.82, 2.24) is 0 Å². The fraction of sp³-hybridized carbons (Fsp3) is 0.333. The largest absolute Gasteiger partial charge is 0.512 e. The maximum Gasteiger partial charge on any atom is 0.512 e. The molecule has 2 nitrogen and oxygen atoms in total. The third-order valence-corrected chi connectivity index (χ3v) is 3.73. The maximum absolute atomic E-state index is 11.3. The van der Waals surface area contributed by atoms with Crippen molar-refractivity contribution in [1.29, 1.82) is 0 Å². The van der Waals surface area contributed by atoms with Gasteiger partial charge in [-0.3, -0.25) is 0 Å². The van der Waals surface area contributed by atoms with Crippen LogP contribution < -0.4 is 0 Å². The van der Waals surface area contributed by atoms with Crippen LogP contribution in [-0.2, 0) is 15.3 Å². The lowest BCUT2D eigenvalue weighted by molar-refractivity contribution is 0.350. The van der Waals surface area contributed by atoms with Gasteiger partial charge in [-0.25, -0.2) is 0 Å². The fourth-order valence-corrected chi connectivity index (χ4v) is 2.71. The average molecular weight is 297 g/mol. The van der Waals surface area contributed by atoms with E-state index < -0.39 is 8.03 Å². The molecule has 0 saturated carbocycles. The van der Waals surface area contributed by atoms with Gasteiger partial charge < -0.3 is 0 Å². The first kappa shape index (κ1) is 12.1. The van der Waals surface area contributed by atoms with Crippen molar-refractivity contribution in [2.75, 3.05) is 6.61 Å². The van der Waals surface area contributed by atoms with Gasteiger partial charge in [-0.15, -0.1) is 4.52 Å². The van der Waals surface area contributed by atoms with Gasteiger partial charge in [0.25, 0.3) is 0 Å². The van der Waals surface area contributed by atoms with Gasteiger partial charge in [0, 0.05) is 15.1 Å². The van der Waals surface area contributed by atoms with E-state index in [1.54, 1.807) is 12.1 Å². The molecule has 0 aromatic heterocycles. The molecule has 0 aliphatic heterocycles. The summed E-state index contributed by atoms with van der Waals surface area (Å²) in [5.74, 6) is 0. The summed E-state index contributed by atoms with van der Waals surface area (Å²) in [6, 6.07) is 5.41. The van der Waals surface area contributed by atoms with Crippen LogP contribution in [0.3, 0.4) is 0 Å². The molecule has 1 aromatic carbocycles. The molecule has 0 fully saturated rings. The van der Waals surface area contributed by atoms with Crippen LogP contribution in [0.2, 0.25) is 5.02 Å². The molecule has 1 unspecified atom stereocenters. The van der Waals surface area contributed by atoms with E-state index in [4.69, 9.17) is 16.1 Å². The second-order valence-electron chi connectivity index (χ2n) is 2.64. The summed E-state index contributed by atoms with van der Waals surface area (Å²) in [6.45, 7) is 2.29. The minimum Gasteiger partial charge on any atom is -0.146 e. The lowest BCUT2D eigenvalue weighted by atomic mass is 10.2. The van der Waals surface area contributed by atoms with Crippen molar-refractivity contribution < 1.29 is 9.09 Å². The van der Waals surface area contributed by atoms with Crippen molar-refractivity contribution in [3.05, 3.63) is 33.3 Å². The third-order valence-electron chi connectivity index (χ3n) is 1.58. The molecule has 0 bridgehead atoms. The van der Waals surface area contributed by atoms with Gasteiger partial charge in [0.15, 0.2) is 0 Å². The van der Waals surface area contributed by atoms with E-state index in [2.05, 4.69) is 15.9 Å². The summed E-state index contributed by atoms with van der Waals surface area (Å²) in [5.41, 5.74) is 0.909. The zero-order chi connectivity index (χ0) is 10.6. The molecule has 76 valence electrons. The Balaban J connectivity index is 2.75. The van der Waals surface area contributed by atoms with E-state index in [0.29, 0.717) is 17.8 Å². The maximum atomic E-state index is 11.3. The third kappa shape index (κ3) is 3.66. The quantitative estimate of drug-likeness (QED) is 0.771. The topological polar surface area (TPSA) is 26.3 Å². The molecule has 0 saturated heterocycles. The molecule has 5 heteroatoms. The normalized spacial score (nSPS) is 11.5. The number of hydrogen-bond donors (Lipinski definition) is 0. The fourth-order valence-electron chi connectivity index (χ4n) is 0.993. The smallest absolute Gasteiger partial charge is 0.146 e. The molecule has 0 amide bonds. The molecule has 0 radical (unpaired) electrons. The highest BCUT2D eigenvalue weighted by molar-refractivity contribution is 9.10. The number of halogens is 2. The highest BCUT2D eigenvalue weighted by Gasteiger charge is 2.19. The van der Waals surface area contributed by atoms with Gasteiger partial charge in [-0.2, -0.15) is 0 Å². The molecule has 1 rings (SSSR count). The monoisotopic (exact) mass is 295 g/mol. The molecule has 1 atom stereocenters. The van der Waals surface area contributed by atoms with E-state index >= 15 is 0 Å². The number of rotatable bonds is 4. The average Bonchev–Trinajstić information content (AvgIpc) is 2.12. The van der Waals surface area contributed by atoms with E-state index in [9.17, 15) is 4.57 Å². The Morgan fingerprint density at radius 3 is 2.93 bits per heavy atom. The molecule has 1 aromatic rings. The van der Waals surface area contributed by atoms with Crippen LogP contribution in [0.4, 0.5) is 0 Å². The van der Waals surface area contributed by atoms with Crippen LogP contribution in [0.25, 0.3) is 0 Å². The van der Waals surface area contributed by atoms with Gasteiger partial charge in [0.2, 0.25) is 6.16 Å². The summed E-state index contributed by atoms with van der Waals surface area (Å²) in [6.07, 6.45) is 0.393. The van der Waals surface area contributed by atoms with Crippen LogP contribution >= 0.6 is 35.6 Å². The predicted molar refractivity (Wildman–Crippen MR) is 62.1 cm³/mol. The lowest BCUT2D eigenvalue weighted by Crippen LogP contribution is -1.85. The van der Waals surface area contributed by atoms with E-state index in [1.807, 2.05) is 13.0 Å². The second-order valence-corrected chi connectivity index (χ2v) is 5.18. The Morgan fingerprint density at radius 2 is 2.29 bits per heavy atom. The first-order valence-corrected chi connectivity index (χ1v) is 6.68. The van der Waals surface area contributed by atoms with Crippen LogP contribution in [-0.4, -0.2) is 6.61 Å². The summed E-state index contributed by atoms with van der Waals surface area (Å²) < 4.78 is 17.2. The lowest BCUT2D eigenvalue weighted by Gasteiger charge is -1.97. The van der Waals surface area contributed by atoms with Crippen LogP contribution in [0, 0.1) is 0 Å². The Bertz CT molecular complexity index is 344. The van der Waals surface area contributed by atoms with Gasteiger partial charge in [0.1, 0.15) is 0 Å². The van der Waals surface area contributed by atoms with E-state index in [1.165, 1.54) is 0 Å². The summed E-state index contributed by atoms with van der Waals surface area (Å²) >= 11 is 9.19. The molecule has 0 spiro atoms.